The normalized spacial score (nSPS) is 18.0. The highest BCUT2D eigenvalue weighted by Gasteiger charge is 2.46. The lowest BCUT2D eigenvalue weighted by Gasteiger charge is -2.38. The number of ether oxygens (including phenoxy) is 4. The molecule has 4 fully saturated rings. The number of piperazine rings is 3. The van der Waals surface area contributed by atoms with Crippen LogP contribution in [0.15, 0.2) is 92.2 Å². The van der Waals surface area contributed by atoms with Crippen molar-refractivity contribution in [2.75, 3.05) is 160 Å². The largest absolute Gasteiger partial charge is 0.478 e. The van der Waals surface area contributed by atoms with Crippen LogP contribution < -0.4 is 46.1 Å². The molecular formula is C83H107N27O8. The SMILES string of the molecule is CCC(C(=O)Nc1nccc2c1CC=C2c1nc(Nc2cn(C)nc2OC)ncc1C)N1CC2CC1CN2C.CCC(C(=O)Nc1nccc2c1CC=C2c1nc(Nc2cn(C)nc2OC)ncc1C)N1CCN(CCO)CC1.COCC(C(=O)Nc1nccc2c1CC=C2c1nc(Nc2cn(C)nc2OC)ncc1C)N1CCN(C)CC1. The Bertz CT molecular complexity index is 5050. The Labute approximate surface area is 686 Å². The molecule has 9 aromatic rings. The molecule has 0 radical (unpaired) electrons. The molecule has 0 aromatic carbocycles. The van der Waals surface area contributed by atoms with Gasteiger partial charge in [-0.1, -0.05) is 32.1 Å². The smallest absolute Gasteiger partial charge is 0.256 e. The van der Waals surface area contributed by atoms with E-state index in [2.05, 4.69) is 146 Å². The second-order valence-electron chi connectivity index (χ2n) is 30.7. The van der Waals surface area contributed by atoms with Crippen LogP contribution >= 0.6 is 0 Å². The fraction of sp³-hybridized carbons (Fsp3) is 0.458. The Morgan fingerprint density at radius 2 is 0.873 bits per heavy atom. The van der Waals surface area contributed by atoms with Crippen molar-refractivity contribution < 1.29 is 38.4 Å². The maximum Gasteiger partial charge on any atom is 0.256 e. The number of nitrogens with zero attached hydrogens (tertiary/aromatic N) is 21. The lowest BCUT2D eigenvalue weighted by Crippen LogP contribution is -2.54. The number of carbonyl (C=O) groups excluding carboxylic acids is 3. The van der Waals surface area contributed by atoms with E-state index in [4.69, 9.17) is 33.9 Å². The number of amides is 3. The Balaban J connectivity index is 0.000000145. The Hall–Kier alpha value is -11.6. The second-order valence-corrected chi connectivity index (χ2v) is 30.7. The number of rotatable bonds is 27. The molecule has 7 N–H and O–H groups in total. The molecule has 13 heterocycles. The first-order chi connectivity index (χ1) is 57.1. The standard InChI is InChI=1S/C28H37N9O3.C28H35N9O2.C27H35N9O3/c1-5-23(37-12-10-36(11-13-37)14-15-38)26(39)33-25-21-7-6-20(19(21)8-9-29-25)24-18(2)16-30-28(32-24)31-22-17-35(3)34-27(22)40-4;1-6-23(37-14-17-11-18(37)13-35(17)3)26(38)33-25-21-8-7-20(19(21)9-10-29-25)24-16(2)12-30-28(32-24)31-22-15-36(4)34-27(22)39-5;1-17-14-29-27(30-21-15-35(3)33-26(21)39-5)31-23(17)19-6-7-20-18(19)8-9-28-24(20)32-25(37)22(16-38-4)36-12-10-34(2)11-13-36/h6,8-9,16-17,23,38H,5,7,10-15H2,1-4H3,(H,29,33,39)(H,30,31,32);7,9-10,12,15,17-18,23H,6,8,11,13-14H2,1-5H3,(H,29,33,38)(H,30,31,32);6,8-9,14-15,22H,7,10-13,16H2,1-5H3,(H,28,32,37)(H,29,30,31). The zero-order valence-electron chi connectivity index (χ0n) is 69.7. The van der Waals surface area contributed by atoms with E-state index in [-0.39, 0.29) is 42.5 Å². The van der Waals surface area contributed by atoms with Crippen molar-refractivity contribution in [1.82, 2.24) is 104 Å². The number of aliphatic hydroxyl groups excluding tert-OH is 1. The van der Waals surface area contributed by atoms with Crippen molar-refractivity contribution in [3.8, 4) is 17.6 Å². The highest BCUT2D eigenvalue weighted by Crippen LogP contribution is 2.42. The number of hydrogen-bond donors (Lipinski definition) is 7. The van der Waals surface area contributed by atoms with Crippen LogP contribution in [0.4, 0.5) is 52.4 Å². The van der Waals surface area contributed by atoms with Crippen LogP contribution in [0.5, 0.6) is 17.6 Å². The molecule has 118 heavy (non-hydrogen) atoms. The molecule has 5 unspecified atom stereocenters. The molecule has 3 aliphatic carbocycles. The van der Waals surface area contributed by atoms with Crippen molar-refractivity contribution in [3.05, 3.63) is 159 Å². The minimum atomic E-state index is -0.377. The van der Waals surface area contributed by atoms with Gasteiger partial charge >= 0.3 is 0 Å². The molecule has 0 spiro atoms. The zero-order chi connectivity index (χ0) is 83.0. The molecule has 35 nitrogen and oxygen atoms in total. The minimum absolute atomic E-state index is 0.0252. The number of likely N-dealkylation sites (N-methyl/N-ethyl adjacent to an activating group) is 2. The fourth-order valence-corrected chi connectivity index (χ4v) is 16.7. The molecule has 0 saturated carbocycles. The van der Waals surface area contributed by atoms with E-state index in [0.717, 1.165) is 162 Å². The average Bonchev–Trinajstić information content (AvgIpc) is 1.63. The van der Waals surface area contributed by atoms with Gasteiger partial charge in [-0.3, -0.25) is 48.0 Å². The summed E-state index contributed by atoms with van der Waals surface area (Å²) in [5, 5.41) is 41.1. The van der Waals surface area contributed by atoms with Crippen LogP contribution in [0.2, 0.25) is 0 Å². The number of nitrogens with one attached hydrogen (secondary N) is 6. The number of carbonyl (C=O) groups is 3. The van der Waals surface area contributed by atoms with Gasteiger partial charge in [0, 0.05) is 183 Å². The molecule has 4 aliphatic heterocycles. The third kappa shape index (κ3) is 18.1. The molecule has 2 bridgehead atoms. The summed E-state index contributed by atoms with van der Waals surface area (Å²) >= 11 is 0. The topological polar surface area (TPSA) is 369 Å². The summed E-state index contributed by atoms with van der Waals surface area (Å²) in [6, 6.07) is 6.18. The van der Waals surface area contributed by atoms with Crippen molar-refractivity contribution in [2.24, 2.45) is 21.1 Å². The highest BCUT2D eigenvalue weighted by molar-refractivity contribution is 5.99. The van der Waals surface area contributed by atoms with Gasteiger partial charge < -0.3 is 65.8 Å². The fourth-order valence-electron chi connectivity index (χ4n) is 16.7. The van der Waals surface area contributed by atoms with E-state index >= 15 is 0 Å². The minimum Gasteiger partial charge on any atom is -0.478 e. The van der Waals surface area contributed by atoms with Crippen LogP contribution in [0, 0.1) is 20.8 Å². The molecule has 3 amide bonds. The summed E-state index contributed by atoms with van der Waals surface area (Å²) in [6.45, 7) is 20.0. The van der Waals surface area contributed by atoms with E-state index in [1.807, 2.05) is 91.8 Å². The van der Waals surface area contributed by atoms with Gasteiger partial charge in [0.25, 0.3) is 17.6 Å². The van der Waals surface area contributed by atoms with Gasteiger partial charge in [0.05, 0.1) is 82.3 Å². The van der Waals surface area contributed by atoms with E-state index in [9.17, 15) is 19.5 Å². The van der Waals surface area contributed by atoms with Crippen molar-refractivity contribution in [2.45, 2.75) is 103 Å². The molecular weight excluding hydrogens is 1500 g/mol. The number of β-amino-alcohol motifs (C(OH)–C–C–N with tert-alkyl or cyclic N) is 1. The van der Waals surface area contributed by atoms with Gasteiger partial charge in [-0.25, -0.2) is 44.9 Å². The van der Waals surface area contributed by atoms with Gasteiger partial charge in [-0.15, -0.1) is 15.3 Å². The quantitative estimate of drug-likeness (QED) is 0.0285. The number of likely N-dealkylation sites (tertiary alicyclic amines) is 2. The number of methoxy groups -OCH3 is 4. The Morgan fingerprint density at radius 1 is 0.492 bits per heavy atom. The molecule has 4 saturated heterocycles. The number of aromatic nitrogens is 15. The third-order valence-electron chi connectivity index (χ3n) is 22.9. The molecule has 35 heteroatoms. The second kappa shape index (κ2) is 36.9. The molecule has 16 rings (SSSR count). The Morgan fingerprint density at radius 3 is 1.23 bits per heavy atom. The van der Waals surface area contributed by atoms with Gasteiger partial charge in [0.1, 0.15) is 40.6 Å². The number of aryl methyl sites for hydroxylation is 6. The van der Waals surface area contributed by atoms with Gasteiger partial charge in [0.2, 0.25) is 35.6 Å². The monoisotopic (exact) mass is 1610 g/mol. The van der Waals surface area contributed by atoms with Crippen molar-refractivity contribution in [1.29, 1.82) is 0 Å². The first-order valence-corrected chi connectivity index (χ1v) is 40.1. The van der Waals surface area contributed by atoms with E-state index in [1.165, 1.54) is 0 Å². The predicted octanol–water partition coefficient (Wildman–Crippen LogP) is 6.59. The summed E-state index contributed by atoms with van der Waals surface area (Å²) in [4.78, 5) is 95.6. The maximum atomic E-state index is 13.5. The van der Waals surface area contributed by atoms with E-state index < -0.39 is 0 Å². The summed E-state index contributed by atoms with van der Waals surface area (Å²) in [7, 11) is 16.1. The average molecular weight is 1610 g/mol. The lowest BCUT2D eigenvalue weighted by atomic mass is 10.0. The summed E-state index contributed by atoms with van der Waals surface area (Å²) < 4.78 is 26.4. The van der Waals surface area contributed by atoms with Crippen LogP contribution in [0.25, 0.3) is 16.7 Å². The molecule has 5 atom stereocenters. The Kier molecular flexibility index (Phi) is 26.0. The maximum absolute atomic E-state index is 13.5. The van der Waals surface area contributed by atoms with Crippen molar-refractivity contribution >= 4 is 86.8 Å². The first kappa shape index (κ1) is 82.9. The number of hydrogen-bond acceptors (Lipinski definition) is 29. The third-order valence-corrected chi connectivity index (χ3v) is 22.9. The summed E-state index contributed by atoms with van der Waals surface area (Å²) in [5.41, 5.74) is 16.3. The predicted molar refractivity (Wildman–Crippen MR) is 450 cm³/mol. The van der Waals surface area contributed by atoms with Gasteiger partial charge in [-0.2, -0.15) is 0 Å². The number of pyridine rings is 3. The molecule has 622 valence electrons. The van der Waals surface area contributed by atoms with Crippen LogP contribution in [-0.2, 0) is 59.5 Å². The number of aliphatic hydroxyl groups is 1. The van der Waals surface area contributed by atoms with E-state index in [1.54, 1.807) is 73.5 Å². The molecule has 7 aliphatic rings. The van der Waals surface area contributed by atoms with Gasteiger partial charge in [-0.05, 0) is 125 Å². The lowest BCUT2D eigenvalue weighted by molar-refractivity contribution is -0.124. The molecule has 9 aromatic heterocycles. The number of anilines is 9. The van der Waals surface area contributed by atoms with E-state index in [0.29, 0.717) is 121 Å². The van der Waals surface area contributed by atoms with Crippen LogP contribution in [-0.4, -0.2) is 284 Å². The van der Waals surface area contributed by atoms with Crippen molar-refractivity contribution in [3.63, 3.8) is 0 Å². The number of fused-ring (bicyclic) bond motifs is 5. The summed E-state index contributed by atoms with van der Waals surface area (Å²) in [6.07, 6.45) is 27.1. The summed E-state index contributed by atoms with van der Waals surface area (Å²) in [5.74, 6) is 4.41. The van der Waals surface area contributed by atoms with Crippen LogP contribution in [0.1, 0.15) is 100 Å². The zero-order valence-corrected chi connectivity index (χ0v) is 69.7. The van der Waals surface area contributed by atoms with Crippen LogP contribution in [0.3, 0.4) is 0 Å². The first-order valence-electron chi connectivity index (χ1n) is 40.1. The van der Waals surface area contributed by atoms with Gasteiger partial charge in [0.15, 0.2) is 0 Å². The number of allylic oxidation sites excluding steroid dienone is 3. The highest BCUT2D eigenvalue weighted by atomic mass is 16.5.